The number of aromatic nitrogens is 2. The maximum Gasteiger partial charge on any atom is 0.223 e. The first kappa shape index (κ1) is 20.9. The molecule has 3 heterocycles. The molecule has 1 aromatic heterocycles. The zero-order valence-corrected chi connectivity index (χ0v) is 18.2. The number of hydrogen-bond donors (Lipinski definition) is 1. The number of nitrogens with zero attached hydrogens (tertiary/aromatic N) is 3. The number of hydrogen-bond acceptors (Lipinski definition) is 3. The number of carbonyl (C=O) groups excluding carboxylic acids is 2. The molecule has 0 unspecified atom stereocenters. The number of rotatable bonds is 6. The molecule has 0 spiro atoms. The lowest BCUT2D eigenvalue weighted by Gasteiger charge is -2.36. The molecule has 0 bridgehead atoms. The quantitative estimate of drug-likeness (QED) is 0.760. The molecule has 7 heteroatoms. The molecule has 160 valence electrons. The second-order valence-corrected chi connectivity index (χ2v) is 9.06. The first-order valence-electron chi connectivity index (χ1n) is 10.8. The van der Waals surface area contributed by atoms with Crippen LogP contribution in [-0.2, 0) is 23.1 Å². The smallest absolute Gasteiger partial charge is 0.223 e. The van der Waals surface area contributed by atoms with Crippen LogP contribution in [0.5, 0.6) is 0 Å². The van der Waals surface area contributed by atoms with Gasteiger partial charge in [0.05, 0.1) is 6.04 Å². The van der Waals surface area contributed by atoms with Crippen molar-refractivity contribution in [2.75, 3.05) is 6.54 Å². The summed E-state index contributed by atoms with van der Waals surface area (Å²) < 4.78 is 2.01. The number of carbonyl (C=O) groups is 2. The van der Waals surface area contributed by atoms with E-state index in [0.717, 1.165) is 43.6 Å². The molecule has 2 aliphatic rings. The molecule has 4 rings (SSSR count). The fourth-order valence-corrected chi connectivity index (χ4v) is 4.99. The van der Waals surface area contributed by atoms with E-state index in [1.807, 2.05) is 47.0 Å². The summed E-state index contributed by atoms with van der Waals surface area (Å²) in [6.45, 7) is 0.771. The number of imidazole rings is 1. The fourth-order valence-electron chi connectivity index (χ4n) is 4.86. The maximum atomic E-state index is 13.3. The summed E-state index contributed by atoms with van der Waals surface area (Å²) in [5, 5.41) is 3.88. The van der Waals surface area contributed by atoms with Crippen LogP contribution in [-0.4, -0.2) is 38.3 Å². The van der Waals surface area contributed by atoms with Crippen molar-refractivity contribution < 1.29 is 9.59 Å². The van der Waals surface area contributed by atoms with Crippen LogP contribution >= 0.6 is 11.6 Å². The molecule has 2 aromatic rings. The van der Waals surface area contributed by atoms with E-state index >= 15 is 0 Å². The van der Waals surface area contributed by atoms with Gasteiger partial charge in [-0.2, -0.15) is 0 Å². The predicted molar refractivity (Wildman–Crippen MR) is 116 cm³/mol. The van der Waals surface area contributed by atoms with E-state index in [1.54, 1.807) is 6.20 Å². The maximum absolute atomic E-state index is 13.3. The highest BCUT2D eigenvalue weighted by molar-refractivity contribution is 6.30. The second-order valence-electron chi connectivity index (χ2n) is 8.63. The summed E-state index contributed by atoms with van der Waals surface area (Å²) in [4.78, 5) is 31.8. The number of likely N-dealkylation sites (tertiary alicyclic amines) is 1. The van der Waals surface area contributed by atoms with Crippen LogP contribution in [0.2, 0.25) is 5.02 Å². The average Bonchev–Trinajstić information content (AvgIpc) is 3.34. The second kappa shape index (κ2) is 8.80. The van der Waals surface area contributed by atoms with Crippen LogP contribution in [0.3, 0.4) is 0 Å². The Labute approximate surface area is 182 Å². The molecule has 30 heavy (non-hydrogen) atoms. The third-order valence-electron chi connectivity index (χ3n) is 6.49. The number of amides is 2. The Morgan fingerprint density at radius 2 is 2.10 bits per heavy atom. The lowest BCUT2D eigenvalue weighted by Crippen LogP contribution is -2.46. The Morgan fingerprint density at radius 3 is 2.77 bits per heavy atom. The normalized spacial score (nSPS) is 24.1. The molecule has 2 saturated heterocycles. The fraction of sp³-hybridized carbons (Fsp3) is 0.522. The zero-order chi connectivity index (χ0) is 21.1. The standard InChI is InChI=1S/C23H29ClN4O2/c1-27-15-13-25-22(27)19-4-2-3-14-28(19)21(30)10-12-23(11-9-20(29)26-23)16-17-5-7-18(24)8-6-17/h5-8,13,15,19H,2-4,9-12,14,16H2,1H3,(H,26,29)/t19-,23-/m1/s1. The molecule has 6 nitrogen and oxygen atoms in total. The van der Waals surface area contributed by atoms with E-state index in [9.17, 15) is 9.59 Å². The van der Waals surface area contributed by atoms with Crippen molar-refractivity contribution in [1.29, 1.82) is 0 Å². The van der Waals surface area contributed by atoms with Gasteiger partial charge < -0.3 is 14.8 Å². The van der Waals surface area contributed by atoms with Gasteiger partial charge in [-0.3, -0.25) is 9.59 Å². The van der Waals surface area contributed by atoms with Gasteiger partial charge in [0, 0.05) is 49.4 Å². The third kappa shape index (κ3) is 4.53. The Hall–Kier alpha value is -2.34. The topological polar surface area (TPSA) is 67.2 Å². The van der Waals surface area contributed by atoms with Gasteiger partial charge in [-0.05, 0) is 56.2 Å². The van der Waals surface area contributed by atoms with Crippen molar-refractivity contribution in [1.82, 2.24) is 19.8 Å². The summed E-state index contributed by atoms with van der Waals surface area (Å²) in [6.07, 6.45) is 9.86. The largest absolute Gasteiger partial charge is 0.350 e. The highest BCUT2D eigenvalue weighted by atomic mass is 35.5. The summed E-state index contributed by atoms with van der Waals surface area (Å²) in [5.41, 5.74) is 0.757. The van der Waals surface area contributed by atoms with Crippen molar-refractivity contribution in [3.63, 3.8) is 0 Å². The molecule has 2 aliphatic heterocycles. The molecular formula is C23H29ClN4O2. The minimum atomic E-state index is -0.366. The number of piperidine rings is 1. The van der Waals surface area contributed by atoms with E-state index in [0.29, 0.717) is 30.7 Å². The first-order valence-corrected chi connectivity index (χ1v) is 11.2. The van der Waals surface area contributed by atoms with Crippen molar-refractivity contribution in [3.8, 4) is 0 Å². The molecule has 2 amide bonds. The molecule has 0 saturated carbocycles. The van der Waals surface area contributed by atoms with E-state index in [-0.39, 0.29) is 23.4 Å². The van der Waals surface area contributed by atoms with Crippen LogP contribution in [0.25, 0.3) is 0 Å². The summed E-state index contributed by atoms with van der Waals surface area (Å²) >= 11 is 6.02. The highest BCUT2D eigenvalue weighted by Gasteiger charge is 2.39. The highest BCUT2D eigenvalue weighted by Crippen LogP contribution is 2.33. The van der Waals surface area contributed by atoms with Gasteiger partial charge in [0.25, 0.3) is 0 Å². The number of aryl methyl sites for hydroxylation is 1. The summed E-state index contributed by atoms with van der Waals surface area (Å²) in [6, 6.07) is 7.78. The Kier molecular flexibility index (Phi) is 6.14. The molecular weight excluding hydrogens is 400 g/mol. The van der Waals surface area contributed by atoms with Gasteiger partial charge in [-0.25, -0.2) is 4.98 Å². The van der Waals surface area contributed by atoms with Gasteiger partial charge in [0.15, 0.2) is 0 Å². The van der Waals surface area contributed by atoms with Crippen LogP contribution in [0.1, 0.15) is 62.4 Å². The van der Waals surface area contributed by atoms with E-state index < -0.39 is 0 Å². The van der Waals surface area contributed by atoms with Crippen molar-refractivity contribution >= 4 is 23.4 Å². The van der Waals surface area contributed by atoms with Crippen LogP contribution < -0.4 is 5.32 Å². The third-order valence-corrected chi connectivity index (χ3v) is 6.74. The van der Waals surface area contributed by atoms with Gasteiger partial charge in [0.1, 0.15) is 5.82 Å². The number of benzene rings is 1. The van der Waals surface area contributed by atoms with Gasteiger partial charge >= 0.3 is 0 Å². The van der Waals surface area contributed by atoms with Gasteiger partial charge in [0.2, 0.25) is 11.8 Å². The molecule has 2 fully saturated rings. The van der Waals surface area contributed by atoms with Crippen molar-refractivity contribution in [3.05, 3.63) is 53.1 Å². The monoisotopic (exact) mass is 428 g/mol. The number of nitrogens with one attached hydrogen (secondary N) is 1. The van der Waals surface area contributed by atoms with E-state index in [1.165, 1.54) is 0 Å². The van der Waals surface area contributed by atoms with Crippen LogP contribution in [0.15, 0.2) is 36.7 Å². The lowest BCUT2D eigenvalue weighted by atomic mass is 9.84. The number of halogens is 1. The zero-order valence-electron chi connectivity index (χ0n) is 17.4. The molecule has 0 radical (unpaired) electrons. The Morgan fingerprint density at radius 1 is 1.30 bits per heavy atom. The summed E-state index contributed by atoms with van der Waals surface area (Å²) in [5.74, 6) is 1.17. The minimum absolute atomic E-state index is 0.0386. The van der Waals surface area contributed by atoms with Crippen LogP contribution in [0.4, 0.5) is 0 Å². The average molecular weight is 429 g/mol. The van der Waals surface area contributed by atoms with Gasteiger partial charge in [-0.1, -0.05) is 23.7 Å². The molecule has 2 atom stereocenters. The molecule has 1 N–H and O–H groups in total. The van der Waals surface area contributed by atoms with Gasteiger partial charge in [-0.15, -0.1) is 0 Å². The summed E-state index contributed by atoms with van der Waals surface area (Å²) in [7, 11) is 1.98. The minimum Gasteiger partial charge on any atom is -0.350 e. The SMILES string of the molecule is Cn1ccnc1[C@H]1CCCCN1C(=O)CC[C@@]1(Cc2ccc(Cl)cc2)CCC(=O)N1. The predicted octanol–water partition coefficient (Wildman–Crippen LogP) is 3.80. The Balaban J connectivity index is 1.46. The van der Waals surface area contributed by atoms with E-state index in [4.69, 9.17) is 11.6 Å². The van der Waals surface area contributed by atoms with Crippen molar-refractivity contribution in [2.45, 2.75) is 62.9 Å². The lowest BCUT2D eigenvalue weighted by molar-refractivity contribution is -0.136. The molecule has 1 aromatic carbocycles. The Bertz CT molecular complexity index is 910. The first-order chi connectivity index (χ1) is 14.5. The van der Waals surface area contributed by atoms with Crippen molar-refractivity contribution in [2.24, 2.45) is 7.05 Å². The van der Waals surface area contributed by atoms with E-state index in [2.05, 4.69) is 10.3 Å². The molecule has 0 aliphatic carbocycles. The van der Waals surface area contributed by atoms with Crippen LogP contribution in [0, 0.1) is 0 Å².